The normalized spacial score (nSPS) is 10.8. The Morgan fingerprint density at radius 2 is 2.00 bits per heavy atom. The summed E-state index contributed by atoms with van der Waals surface area (Å²) in [6.45, 7) is 3.77. The number of nitrogens with zero attached hydrogens (tertiary/aromatic N) is 1. The Morgan fingerprint density at radius 1 is 1.20 bits per heavy atom. The number of furan rings is 1. The van der Waals surface area contributed by atoms with E-state index < -0.39 is 5.97 Å². The number of carbonyl (C=O) groups is 2. The molecule has 25 heavy (non-hydrogen) atoms. The van der Waals surface area contributed by atoms with Crippen LogP contribution in [0, 0.1) is 0 Å². The monoisotopic (exact) mass is 340 g/mol. The molecule has 0 saturated heterocycles. The van der Waals surface area contributed by atoms with Crippen molar-refractivity contribution in [3.63, 3.8) is 0 Å². The number of carbonyl (C=O) groups excluding carboxylic acids is 1. The lowest BCUT2D eigenvalue weighted by Crippen LogP contribution is -2.13. The number of rotatable bonds is 5. The molecule has 1 aromatic carbocycles. The van der Waals surface area contributed by atoms with Gasteiger partial charge in [0.15, 0.2) is 0 Å². The van der Waals surface area contributed by atoms with Crippen LogP contribution < -0.4 is 10.1 Å². The summed E-state index contributed by atoms with van der Waals surface area (Å²) in [5, 5.41) is 12.3. The van der Waals surface area contributed by atoms with Gasteiger partial charge in [-0.15, -0.1) is 0 Å². The van der Waals surface area contributed by atoms with E-state index in [0.717, 1.165) is 0 Å². The molecule has 3 rings (SSSR count). The summed E-state index contributed by atoms with van der Waals surface area (Å²) < 4.78 is 10.7. The number of carboxylic acid groups (broad SMARTS) is 1. The second kappa shape index (κ2) is 6.64. The number of benzene rings is 1. The van der Waals surface area contributed by atoms with Crippen molar-refractivity contribution >= 4 is 28.5 Å². The average molecular weight is 340 g/mol. The minimum absolute atomic E-state index is 0.0213. The van der Waals surface area contributed by atoms with E-state index in [1.807, 2.05) is 13.8 Å². The molecule has 0 spiro atoms. The van der Waals surface area contributed by atoms with Crippen molar-refractivity contribution in [2.24, 2.45) is 0 Å². The second-order valence-electron chi connectivity index (χ2n) is 5.70. The van der Waals surface area contributed by atoms with Gasteiger partial charge in [-0.1, -0.05) is 0 Å². The lowest BCUT2D eigenvalue weighted by molar-refractivity contribution is 0.0665. The molecule has 2 aromatic heterocycles. The van der Waals surface area contributed by atoms with Crippen molar-refractivity contribution in [2.45, 2.75) is 20.0 Å². The summed E-state index contributed by atoms with van der Waals surface area (Å²) in [7, 11) is 0. The van der Waals surface area contributed by atoms with Crippen LogP contribution in [0.4, 0.5) is 5.69 Å². The quantitative estimate of drug-likeness (QED) is 0.736. The molecule has 0 atom stereocenters. The molecule has 7 heteroatoms. The third kappa shape index (κ3) is 3.77. The van der Waals surface area contributed by atoms with E-state index in [4.69, 9.17) is 14.3 Å². The number of nitrogens with one attached hydrogen (secondary N) is 1. The summed E-state index contributed by atoms with van der Waals surface area (Å²) in [5.41, 5.74) is 1.31. The van der Waals surface area contributed by atoms with E-state index in [9.17, 15) is 9.59 Å². The Bertz CT molecular complexity index is 946. The maximum Gasteiger partial charge on any atom is 0.371 e. The van der Waals surface area contributed by atoms with Crippen LogP contribution in [0.25, 0.3) is 11.0 Å². The number of hydrogen-bond acceptors (Lipinski definition) is 5. The number of aromatic carboxylic acids is 1. The number of amides is 1. The number of aromatic nitrogens is 1. The van der Waals surface area contributed by atoms with Crippen molar-refractivity contribution in [2.75, 3.05) is 5.32 Å². The zero-order valence-electron chi connectivity index (χ0n) is 13.6. The van der Waals surface area contributed by atoms with Gasteiger partial charge in [0.1, 0.15) is 11.3 Å². The van der Waals surface area contributed by atoms with Gasteiger partial charge in [-0.05, 0) is 44.2 Å². The van der Waals surface area contributed by atoms with Crippen LogP contribution in [0.2, 0.25) is 0 Å². The minimum Gasteiger partial charge on any atom is -0.489 e. The zero-order valence-corrected chi connectivity index (χ0v) is 13.6. The molecule has 0 unspecified atom stereocenters. The zero-order chi connectivity index (χ0) is 18.0. The summed E-state index contributed by atoms with van der Waals surface area (Å²) in [5.74, 6) is -1.13. The molecule has 0 aliphatic heterocycles. The predicted octanol–water partition coefficient (Wildman–Crippen LogP) is 3.57. The van der Waals surface area contributed by atoms with Gasteiger partial charge in [-0.25, -0.2) is 4.79 Å². The third-order valence-corrected chi connectivity index (χ3v) is 3.33. The van der Waals surface area contributed by atoms with Crippen LogP contribution in [-0.4, -0.2) is 28.1 Å². The minimum atomic E-state index is -1.14. The highest BCUT2D eigenvalue weighted by Crippen LogP contribution is 2.24. The Balaban J connectivity index is 1.80. The maximum absolute atomic E-state index is 12.4. The first-order valence-electron chi connectivity index (χ1n) is 7.62. The van der Waals surface area contributed by atoms with Crippen LogP contribution >= 0.6 is 0 Å². The molecular formula is C18H16N2O5. The Labute approximate surface area is 143 Å². The van der Waals surface area contributed by atoms with E-state index >= 15 is 0 Å². The van der Waals surface area contributed by atoms with Gasteiger partial charge in [-0.2, -0.15) is 0 Å². The number of anilines is 1. The van der Waals surface area contributed by atoms with Gasteiger partial charge in [-0.3, -0.25) is 9.78 Å². The lowest BCUT2D eigenvalue weighted by Gasteiger charge is -2.10. The van der Waals surface area contributed by atoms with E-state index in [1.165, 1.54) is 12.3 Å². The predicted molar refractivity (Wildman–Crippen MR) is 91.1 cm³/mol. The summed E-state index contributed by atoms with van der Waals surface area (Å²) in [6.07, 6.45) is 2.97. The van der Waals surface area contributed by atoms with Crippen molar-refractivity contribution in [3.05, 3.63) is 54.0 Å². The van der Waals surface area contributed by atoms with Crippen molar-refractivity contribution in [1.29, 1.82) is 0 Å². The summed E-state index contributed by atoms with van der Waals surface area (Å²) in [4.78, 5) is 27.3. The first-order chi connectivity index (χ1) is 11.9. The Morgan fingerprint density at radius 3 is 2.72 bits per heavy atom. The van der Waals surface area contributed by atoms with Gasteiger partial charge >= 0.3 is 5.97 Å². The first kappa shape index (κ1) is 16.5. The van der Waals surface area contributed by atoms with Crippen molar-refractivity contribution in [3.8, 4) is 5.75 Å². The number of pyridine rings is 1. The fraction of sp³-hybridized carbons (Fsp3) is 0.167. The molecule has 128 valence electrons. The summed E-state index contributed by atoms with van der Waals surface area (Å²) in [6, 6.07) is 7.91. The van der Waals surface area contributed by atoms with Gasteiger partial charge in [0, 0.05) is 17.3 Å². The molecule has 0 bridgehead atoms. The molecular weight excluding hydrogens is 324 g/mol. The lowest BCUT2D eigenvalue weighted by atomic mass is 10.2. The van der Waals surface area contributed by atoms with Crippen LogP contribution in [-0.2, 0) is 0 Å². The van der Waals surface area contributed by atoms with Gasteiger partial charge in [0.05, 0.1) is 17.9 Å². The van der Waals surface area contributed by atoms with Crippen molar-refractivity contribution in [1.82, 2.24) is 4.98 Å². The first-order valence-corrected chi connectivity index (χ1v) is 7.62. The topological polar surface area (TPSA) is 102 Å². The van der Waals surface area contributed by atoms with Crippen LogP contribution in [0.5, 0.6) is 5.75 Å². The third-order valence-electron chi connectivity index (χ3n) is 3.33. The van der Waals surface area contributed by atoms with E-state index in [0.29, 0.717) is 28.0 Å². The number of fused-ring (bicyclic) bond motifs is 1. The molecule has 3 aromatic rings. The number of hydrogen-bond donors (Lipinski definition) is 2. The Hall–Kier alpha value is -3.35. The molecule has 0 saturated carbocycles. The highest BCUT2D eigenvalue weighted by atomic mass is 16.5. The molecule has 0 radical (unpaired) electrons. The smallest absolute Gasteiger partial charge is 0.371 e. The van der Waals surface area contributed by atoms with Crippen LogP contribution in [0.15, 0.2) is 47.1 Å². The molecule has 2 heterocycles. The van der Waals surface area contributed by atoms with Crippen LogP contribution in [0.3, 0.4) is 0 Å². The van der Waals surface area contributed by atoms with E-state index in [1.54, 1.807) is 30.5 Å². The second-order valence-corrected chi connectivity index (χ2v) is 5.70. The molecule has 7 nitrogen and oxygen atoms in total. The maximum atomic E-state index is 12.4. The Kier molecular flexibility index (Phi) is 4.38. The van der Waals surface area contributed by atoms with Crippen LogP contribution in [0.1, 0.15) is 34.8 Å². The van der Waals surface area contributed by atoms with Gasteiger partial charge < -0.3 is 19.6 Å². The number of carboxylic acids is 1. The van der Waals surface area contributed by atoms with Crippen molar-refractivity contribution < 1.29 is 23.8 Å². The van der Waals surface area contributed by atoms with E-state index in [2.05, 4.69) is 10.3 Å². The summed E-state index contributed by atoms with van der Waals surface area (Å²) >= 11 is 0. The molecule has 1 amide bonds. The molecule has 0 aliphatic rings. The van der Waals surface area contributed by atoms with Gasteiger partial charge in [0.25, 0.3) is 5.91 Å². The largest absolute Gasteiger partial charge is 0.489 e. The van der Waals surface area contributed by atoms with Gasteiger partial charge in [0.2, 0.25) is 5.76 Å². The molecule has 2 N–H and O–H groups in total. The number of ether oxygens (including phenoxy) is 1. The fourth-order valence-electron chi connectivity index (χ4n) is 2.31. The average Bonchev–Trinajstić information content (AvgIpc) is 2.98. The SMILES string of the molecule is CC(C)Oc1cncc(C(=O)Nc2ccc3oc(C(=O)O)cc3c2)c1. The highest BCUT2D eigenvalue weighted by molar-refractivity contribution is 6.05. The molecule has 0 fully saturated rings. The standard InChI is InChI=1S/C18H16N2O5/c1-10(2)24-14-6-12(8-19-9-14)17(21)20-13-3-4-15-11(5-13)7-16(25-15)18(22)23/h3-10H,1-2H3,(H,20,21)(H,22,23). The fourth-order valence-corrected chi connectivity index (χ4v) is 2.31. The highest BCUT2D eigenvalue weighted by Gasteiger charge is 2.13. The van der Waals surface area contributed by atoms with E-state index in [-0.39, 0.29) is 17.8 Å². The molecule has 0 aliphatic carbocycles.